The molecular weight excluding hydrogens is 274 g/mol. The number of rotatable bonds is 3. The molecule has 0 bridgehead atoms. The van der Waals surface area contributed by atoms with E-state index in [1.54, 1.807) is 18.2 Å². The smallest absolute Gasteiger partial charge is 0.338 e. The van der Waals surface area contributed by atoms with E-state index in [4.69, 9.17) is 22.1 Å². The third-order valence-corrected chi connectivity index (χ3v) is 3.32. The summed E-state index contributed by atoms with van der Waals surface area (Å²) < 4.78 is 5.27. The van der Waals surface area contributed by atoms with Crippen LogP contribution in [0.5, 0.6) is 0 Å². The highest BCUT2D eigenvalue weighted by Crippen LogP contribution is 2.18. The molecule has 0 amide bonds. The van der Waals surface area contributed by atoms with E-state index in [9.17, 15) is 4.79 Å². The number of ether oxygens (including phenoxy) is 1. The largest absolute Gasteiger partial charge is 0.457 e. The van der Waals surface area contributed by atoms with Crippen molar-refractivity contribution in [1.82, 2.24) is 0 Å². The Balaban J connectivity index is 2.06. The Labute approximate surface area is 123 Å². The first-order valence-electron chi connectivity index (χ1n) is 6.25. The Hall–Kier alpha value is -2.00. The fraction of sp³-hybridized carbons (Fsp3) is 0.188. The molecule has 2 aromatic rings. The normalized spacial score (nSPS) is 10.3. The van der Waals surface area contributed by atoms with Crippen LogP contribution in [0.25, 0.3) is 0 Å². The highest BCUT2D eigenvalue weighted by Gasteiger charge is 2.09. The molecule has 0 unspecified atom stereocenters. The summed E-state index contributed by atoms with van der Waals surface area (Å²) in [5.41, 5.74) is 9.79. The van der Waals surface area contributed by atoms with E-state index in [-0.39, 0.29) is 6.61 Å². The quantitative estimate of drug-likeness (QED) is 0.689. The number of nitrogen functional groups attached to an aromatic ring is 1. The Morgan fingerprint density at radius 3 is 2.55 bits per heavy atom. The van der Waals surface area contributed by atoms with E-state index in [1.165, 1.54) is 11.1 Å². The molecule has 0 fully saturated rings. The van der Waals surface area contributed by atoms with Crippen LogP contribution in [-0.4, -0.2) is 5.97 Å². The zero-order valence-corrected chi connectivity index (χ0v) is 12.2. The van der Waals surface area contributed by atoms with Crippen LogP contribution in [0.4, 0.5) is 5.69 Å². The van der Waals surface area contributed by atoms with Crippen molar-refractivity contribution in [2.24, 2.45) is 0 Å². The zero-order chi connectivity index (χ0) is 14.7. The summed E-state index contributed by atoms with van der Waals surface area (Å²) >= 11 is 5.86. The molecule has 20 heavy (non-hydrogen) atoms. The average Bonchev–Trinajstić information content (AvgIpc) is 2.38. The van der Waals surface area contributed by atoms with Gasteiger partial charge in [0.15, 0.2) is 0 Å². The molecule has 3 nitrogen and oxygen atoms in total. The van der Waals surface area contributed by atoms with Crippen molar-refractivity contribution in [3.63, 3.8) is 0 Å². The van der Waals surface area contributed by atoms with Crippen molar-refractivity contribution in [3.05, 3.63) is 63.7 Å². The lowest BCUT2D eigenvalue weighted by Crippen LogP contribution is -2.06. The number of nitrogens with two attached hydrogens (primary N) is 1. The number of hydrogen-bond acceptors (Lipinski definition) is 3. The fourth-order valence-electron chi connectivity index (χ4n) is 1.86. The van der Waals surface area contributed by atoms with Crippen LogP contribution in [0, 0.1) is 13.8 Å². The molecule has 0 heterocycles. The number of aryl methyl sites for hydroxylation is 2. The maximum absolute atomic E-state index is 11.9. The van der Waals surface area contributed by atoms with E-state index in [2.05, 4.69) is 0 Å². The SMILES string of the molecule is Cc1ccc(COC(=O)c2cc(N)cc(Cl)c2)cc1C. The molecule has 0 atom stereocenters. The summed E-state index contributed by atoms with van der Waals surface area (Å²) in [6.45, 7) is 4.30. The van der Waals surface area contributed by atoms with Gasteiger partial charge in [-0.05, 0) is 48.7 Å². The van der Waals surface area contributed by atoms with Gasteiger partial charge >= 0.3 is 5.97 Å². The highest BCUT2D eigenvalue weighted by molar-refractivity contribution is 6.31. The van der Waals surface area contributed by atoms with Gasteiger partial charge in [-0.2, -0.15) is 0 Å². The Morgan fingerprint density at radius 2 is 1.90 bits per heavy atom. The lowest BCUT2D eigenvalue weighted by atomic mass is 10.1. The molecule has 0 aromatic heterocycles. The van der Waals surface area contributed by atoms with Gasteiger partial charge in [-0.15, -0.1) is 0 Å². The fourth-order valence-corrected chi connectivity index (χ4v) is 2.10. The Kier molecular flexibility index (Phi) is 4.30. The maximum Gasteiger partial charge on any atom is 0.338 e. The van der Waals surface area contributed by atoms with Crippen molar-refractivity contribution in [3.8, 4) is 0 Å². The third-order valence-electron chi connectivity index (χ3n) is 3.10. The van der Waals surface area contributed by atoms with E-state index < -0.39 is 5.97 Å². The second-order valence-corrected chi connectivity index (χ2v) is 5.20. The summed E-state index contributed by atoms with van der Waals surface area (Å²) in [4.78, 5) is 11.9. The molecule has 0 aliphatic rings. The predicted molar refractivity (Wildman–Crippen MR) is 80.9 cm³/mol. The Bertz CT molecular complexity index is 633. The standard InChI is InChI=1S/C16H16ClNO2/c1-10-3-4-12(5-11(10)2)9-20-16(19)13-6-14(17)8-15(18)7-13/h3-8H,9,18H2,1-2H3. The first kappa shape index (κ1) is 14.4. The average molecular weight is 290 g/mol. The highest BCUT2D eigenvalue weighted by atomic mass is 35.5. The summed E-state index contributed by atoms with van der Waals surface area (Å²) in [6, 6.07) is 10.6. The van der Waals surface area contributed by atoms with Gasteiger partial charge < -0.3 is 10.5 Å². The summed E-state index contributed by atoms with van der Waals surface area (Å²) in [7, 11) is 0. The van der Waals surface area contributed by atoms with Gasteiger partial charge in [-0.25, -0.2) is 4.79 Å². The van der Waals surface area contributed by atoms with Gasteiger partial charge in [0.25, 0.3) is 0 Å². The molecule has 2 aromatic carbocycles. The van der Waals surface area contributed by atoms with E-state index in [1.807, 2.05) is 32.0 Å². The number of hydrogen-bond donors (Lipinski definition) is 1. The van der Waals surface area contributed by atoms with Crippen molar-refractivity contribution in [1.29, 1.82) is 0 Å². The van der Waals surface area contributed by atoms with Crippen molar-refractivity contribution >= 4 is 23.3 Å². The molecular formula is C16H16ClNO2. The van der Waals surface area contributed by atoms with Crippen molar-refractivity contribution < 1.29 is 9.53 Å². The molecule has 0 aliphatic carbocycles. The summed E-state index contributed by atoms with van der Waals surface area (Å²) in [5.74, 6) is -0.433. The van der Waals surface area contributed by atoms with Gasteiger partial charge in [0.05, 0.1) is 5.56 Å². The van der Waals surface area contributed by atoms with Crippen LogP contribution in [0.15, 0.2) is 36.4 Å². The van der Waals surface area contributed by atoms with E-state index in [0.29, 0.717) is 16.3 Å². The van der Waals surface area contributed by atoms with Gasteiger partial charge in [0.2, 0.25) is 0 Å². The second kappa shape index (κ2) is 5.97. The molecule has 0 spiro atoms. The van der Waals surface area contributed by atoms with Gasteiger partial charge in [-0.1, -0.05) is 29.8 Å². The van der Waals surface area contributed by atoms with Crippen LogP contribution in [0.3, 0.4) is 0 Å². The van der Waals surface area contributed by atoms with Gasteiger partial charge in [0, 0.05) is 10.7 Å². The number of halogens is 1. The van der Waals surface area contributed by atoms with Gasteiger partial charge in [0.1, 0.15) is 6.61 Å². The van der Waals surface area contributed by atoms with Crippen LogP contribution in [0.2, 0.25) is 5.02 Å². The molecule has 0 aliphatic heterocycles. The van der Waals surface area contributed by atoms with E-state index in [0.717, 1.165) is 5.56 Å². The predicted octanol–water partition coefficient (Wildman–Crippen LogP) is 3.90. The molecule has 0 radical (unpaired) electrons. The minimum atomic E-state index is -0.433. The van der Waals surface area contributed by atoms with E-state index >= 15 is 0 Å². The summed E-state index contributed by atoms with van der Waals surface area (Å²) in [5, 5.41) is 0.420. The molecule has 104 valence electrons. The molecule has 0 saturated heterocycles. The van der Waals surface area contributed by atoms with Crippen molar-refractivity contribution in [2.45, 2.75) is 20.5 Å². The Morgan fingerprint density at radius 1 is 1.15 bits per heavy atom. The lowest BCUT2D eigenvalue weighted by molar-refractivity contribution is 0.0472. The third kappa shape index (κ3) is 3.52. The first-order valence-corrected chi connectivity index (χ1v) is 6.63. The molecule has 2 N–H and O–H groups in total. The topological polar surface area (TPSA) is 52.3 Å². The number of esters is 1. The second-order valence-electron chi connectivity index (χ2n) is 4.77. The number of anilines is 1. The van der Waals surface area contributed by atoms with Crippen LogP contribution in [-0.2, 0) is 11.3 Å². The zero-order valence-electron chi connectivity index (χ0n) is 11.4. The minimum absolute atomic E-state index is 0.229. The van der Waals surface area contributed by atoms with Crippen LogP contribution < -0.4 is 5.73 Å². The maximum atomic E-state index is 11.9. The number of carbonyl (C=O) groups excluding carboxylic acids is 1. The number of benzene rings is 2. The van der Waals surface area contributed by atoms with Crippen LogP contribution in [0.1, 0.15) is 27.0 Å². The van der Waals surface area contributed by atoms with Gasteiger partial charge in [-0.3, -0.25) is 0 Å². The van der Waals surface area contributed by atoms with Crippen molar-refractivity contribution in [2.75, 3.05) is 5.73 Å². The first-order chi connectivity index (χ1) is 9.45. The molecule has 4 heteroatoms. The summed E-state index contributed by atoms with van der Waals surface area (Å²) in [6.07, 6.45) is 0. The molecule has 2 rings (SSSR count). The van der Waals surface area contributed by atoms with Crippen LogP contribution >= 0.6 is 11.6 Å². The monoisotopic (exact) mass is 289 g/mol. The minimum Gasteiger partial charge on any atom is -0.457 e. The number of carbonyl (C=O) groups is 1. The molecule has 0 saturated carbocycles. The lowest BCUT2D eigenvalue weighted by Gasteiger charge is -2.08.